The molecule has 1 aromatic heterocycles. The zero-order valence-electron chi connectivity index (χ0n) is 21.4. The van der Waals surface area contributed by atoms with Crippen LogP contribution in [0, 0.1) is 11.2 Å². The molecule has 2 aromatic rings. The van der Waals surface area contributed by atoms with Gasteiger partial charge >= 0.3 is 0 Å². The molecule has 1 spiro atoms. The van der Waals surface area contributed by atoms with Crippen molar-refractivity contribution in [2.45, 2.75) is 83.1 Å². The minimum absolute atomic E-state index is 0.0582. The summed E-state index contributed by atoms with van der Waals surface area (Å²) in [5.74, 6) is 0.0741. The topological polar surface area (TPSA) is 104 Å². The van der Waals surface area contributed by atoms with Crippen molar-refractivity contribution in [3.63, 3.8) is 0 Å². The summed E-state index contributed by atoms with van der Waals surface area (Å²) in [6.45, 7) is 5.80. The molecule has 196 valence electrons. The van der Waals surface area contributed by atoms with Gasteiger partial charge in [0.15, 0.2) is 0 Å². The maximum atomic E-state index is 13.3. The van der Waals surface area contributed by atoms with Crippen molar-refractivity contribution in [3.05, 3.63) is 59.0 Å². The third-order valence-electron chi connectivity index (χ3n) is 7.37. The Balaban J connectivity index is 1.50. The average molecular weight is 500 g/mol. The molecule has 1 aliphatic carbocycles. The molecule has 2 heterocycles. The zero-order valence-corrected chi connectivity index (χ0v) is 21.4. The predicted octanol–water partition coefficient (Wildman–Crippen LogP) is 3.23. The number of carbonyl (C=O) groups is 1. The van der Waals surface area contributed by atoms with E-state index in [1.54, 1.807) is 12.1 Å². The molecule has 1 saturated carbocycles. The molecular weight excluding hydrogens is 461 g/mol. The maximum absolute atomic E-state index is 13.3. The van der Waals surface area contributed by atoms with Gasteiger partial charge in [-0.05, 0) is 66.8 Å². The summed E-state index contributed by atoms with van der Waals surface area (Å²) in [6.07, 6.45) is 5.91. The number of halogens is 1. The van der Waals surface area contributed by atoms with Gasteiger partial charge in [0.1, 0.15) is 11.4 Å². The van der Waals surface area contributed by atoms with Crippen LogP contribution in [0.4, 0.5) is 4.39 Å². The number of ether oxygens (including phenoxy) is 1. The molecule has 0 radical (unpaired) electrons. The number of pyridine rings is 1. The third-order valence-corrected chi connectivity index (χ3v) is 7.37. The van der Waals surface area contributed by atoms with Crippen LogP contribution in [0.25, 0.3) is 0 Å². The van der Waals surface area contributed by atoms with Crippen molar-refractivity contribution in [2.75, 3.05) is 13.2 Å². The molecule has 36 heavy (non-hydrogen) atoms. The quantitative estimate of drug-likeness (QED) is 0.400. The number of fused-ring (bicyclic) bond motifs is 1. The third kappa shape index (κ3) is 6.41. The predicted molar refractivity (Wildman–Crippen MR) is 135 cm³/mol. The minimum atomic E-state index is -0.855. The Labute approximate surface area is 212 Å². The Kier molecular flexibility index (Phi) is 7.97. The molecule has 3 atom stereocenters. The second kappa shape index (κ2) is 10.8. The smallest absolute Gasteiger partial charge is 0.218 e. The summed E-state index contributed by atoms with van der Waals surface area (Å²) >= 11 is 0. The van der Waals surface area contributed by atoms with Crippen molar-refractivity contribution >= 4 is 5.91 Å². The number of aliphatic hydroxyl groups excluding tert-OH is 2. The number of aliphatic hydroxyl groups is 2. The standard InChI is InChI=1S/C28H38FN3O4/c1-18(34)32-23(12-19-5-7-21(29)8-6-19)25(35)16-30-24-14-28(9-4-10-28)36-26-22(24)11-20(15-31-26)13-27(2,3)17-33/h5-8,11,15,23-25,30,33,35H,4,9-10,12-14,16-17H2,1-3H3,(H,32,34)/t23-,24-,25+/m0/s1. The highest BCUT2D eigenvalue weighted by Crippen LogP contribution is 2.48. The summed E-state index contributed by atoms with van der Waals surface area (Å²) in [7, 11) is 0. The molecule has 4 rings (SSSR count). The molecule has 0 unspecified atom stereocenters. The fraction of sp³-hybridized carbons (Fsp3) is 0.571. The van der Waals surface area contributed by atoms with E-state index in [-0.39, 0.29) is 41.9 Å². The van der Waals surface area contributed by atoms with Gasteiger partial charge in [-0.3, -0.25) is 4.79 Å². The lowest BCUT2D eigenvalue weighted by Gasteiger charge is -2.47. The largest absolute Gasteiger partial charge is 0.471 e. The first-order valence-electron chi connectivity index (χ1n) is 12.8. The van der Waals surface area contributed by atoms with Crippen LogP contribution in [0.5, 0.6) is 5.88 Å². The molecule has 7 nitrogen and oxygen atoms in total. The highest BCUT2D eigenvalue weighted by Gasteiger charge is 2.46. The highest BCUT2D eigenvalue weighted by molar-refractivity contribution is 5.73. The van der Waals surface area contributed by atoms with E-state index in [1.165, 1.54) is 19.1 Å². The Morgan fingerprint density at radius 2 is 2.00 bits per heavy atom. The molecule has 1 aromatic carbocycles. The molecule has 4 N–H and O–H groups in total. The summed E-state index contributed by atoms with van der Waals surface area (Å²) in [5, 5.41) is 27.1. The van der Waals surface area contributed by atoms with Crippen molar-refractivity contribution in [1.82, 2.24) is 15.6 Å². The SMILES string of the molecule is CC(=O)N[C@@H](Cc1ccc(F)cc1)[C@H](O)CN[C@H]1CC2(CCC2)Oc2ncc(CC(C)(C)CO)cc21. The van der Waals surface area contributed by atoms with E-state index in [0.717, 1.165) is 42.4 Å². The minimum Gasteiger partial charge on any atom is -0.471 e. The maximum Gasteiger partial charge on any atom is 0.218 e. The van der Waals surface area contributed by atoms with Crippen LogP contribution in [-0.4, -0.2) is 52.0 Å². The monoisotopic (exact) mass is 499 g/mol. The number of rotatable bonds is 10. The van der Waals surface area contributed by atoms with Crippen LogP contribution >= 0.6 is 0 Å². The summed E-state index contributed by atoms with van der Waals surface area (Å²) < 4.78 is 19.7. The van der Waals surface area contributed by atoms with Crippen LogP contribution in [0.2, 0.25) is 0 Å². The number of hydrogen-bond acceptors (Lipinski definition) is 6. The van der Waals surface area contributed by atoms with E-state index in [2.05, 4.69) is 21.7 Å². The van der Waals surface area contributed by atoms with Crippen molar-refractivity contribution in [2.24, 2.45) is 5.41 Å². The van der Waals surface area contributed by atoms with E-state index in [1.807, 2.05) is 20.0 Å². The van der Waals surface area contributed by atoms with Crippen LogP contribution < -0.4 is 15.4 Å². The molecular formula is C28H38FN3O4. The highest BCUT2D eigenvalue weighted by atomic mass is 19.1. The van der Waals surface area contributed by atoms with Crippen LogP contribution in [0.3, 0.4) is 0 Å². The molecule has 8 heteroatoms. The van der Waals surface area contributed by atoms with E-state index in [4.69, 9.17) is 4.74 Å². The first-order chi connectivity index (χ1) is 17.1. The molecule has 1 aliphatic heterocycles. The van der Waals surface area contributed by atoms with Crippen LogP contribution in [0.15, 0.2) is 36.5 Å². The van der Waals surface area contributed by atoms with Gasteiger partial charge in [-0.2, -0.15) is 0 Å². The van der Waals surface area contributed by atoms with E-state index in [9.17, 15) is 19.4 Å². The van der Waals surface area contributed by atoms with Gasteiger partial charge in [0.25, 0.3) is 0 Å². The summed E-state index contributed by atoms with van der Waals surface area (Å²) in [4.78, 5) is 16.5. The van der Waals surface area contributed by atoms with Crippen LogP contribution in [0.1, 0.15) is 69.2 Å². The lowest BCUT2D eigenvalue weighted by Crippen LogP contribution is -2.52. The lowest BCUT2D eigenvalue weighted by molar-refractivity contribution is -0.120. The number of hydrogen-bond donors (Lipinski definition) is 4. The van der Waals surface area contributed by atoms with Gasteiger partial charge in [0.2, 0.25) is 11.8 Å². The van der Waals surface area contributed by atoms with Gasteiger partial charge in [-0.1, -0.05) is 26.0 Å². The number of amides is 1. The van der Waals surface area contributed by atoms with Gasteiger partial charge in [0, 0.05) is 44.3 Å². The first-order valence-corrected chi connectivity index (χ1v) is 12.8. The number of nitrogens with one attached hydrogen (secondary N) is 2. The molecule has 2 aliphatic rings. The van der Waals surface area contributed by atoms with E-state index < -0.39 is 12.1 Å². The molecule has 0 saturated heterocycles. The van der Waals surface area contributed by atoms with Gasteiger partial charge in [0.05, 0.1) is 12.1 Å². The normalized spacial score (nSPS) is 20.1. The number of benzene rings is 1. The fourth-order valence-corrected chi connectivity index (χ4v) is 5.17. The first kappa shape index (κ1) is 26.5. The van der Waals surface area contributed by atoms with E-state index >= 15 is 0 Å². The van der Waals surface area contributed by atoms with Gasteiger partial charge < -0.3 is 25.6 Å². The number of aromatic nitrogens is 1. The van der Waals surface area contributed by atoms with Crippen LogP contribution in [-0.2, 0) is 17.6 Å². The Hall–Kier alpha value is -2.55. The zero-order chi connectivity index (χ0) is 25.9. The number of carbonyl (C=O) groups excluding carboxylic acids is 1. The summed E-state index contributed by atoms with van der Waals surface area (Å²) in [6, 6.07) is 7.61. The number of nitrogens with zero attached hydrogens (tertiary/aromatic N) is 1. The molecule has 1 fully saturated rings. The fourth-order valence-electron chi connectivity index (χ4n) is 5.17. The average Bonchev–Trinajstić information content (AvgIpc) is 2.81. The van der Waals surface area contributed by atoms with Crippen molar-refractivity contribution in [3.8, 4) is 5.88 Å². The Bertz CT molecular complexity index is 1060. The Morgan fingerprint density at radius 3 is 2.61 bits per heavy atom. The second-order valence-electron chi connectivity index (χ2n) is 11.2. The summed E-state index contributed by atoms with van der Waals surface area (Å²) in [5.41, 5.74) is 2.34. The molecule has 1 amide bonds. The lowest BCUT2D eigenvalue weighted by atomic mass is 9.73. The molecule has 0 bridgehead atoms. The van der Waals surface area contributed by atoms with Gasteiger partial charge in [-0.15, -0.1) is 0 Å². The second-order valence-corrected chi connectivity index (χ2v) is 11.2. The van der Waals surface area contributed by atoms with E-state index in [0.29, 0.717) is 18.7 Å². The van der Waals surface area contributed by atoms with Crippen molar-refractivity contribution in [1.29, 1.82) is 0 Å². The van der Waals surface area contributed by atoms with Crippen molar-refractivity contribution < 1.29 is 24.1 Å². The Morgan fingerprint density at radius 1 is 1.28 bits per heavy atom. The van der Waals surface area contributed by atoms with Gasteiger partial charge in [-0.25, -0.2) is 9.37 Å².